The highest BCUT2D eigenvalue weighted by atomic mass is 16.5. The van der Waals surface area contributed by atoms with Gasteiger partial charge in [0.05, 0.1) is 12.7 Å². The molecule has 0 saturated carbocycles. The predicted octanol–water partition coefficient (Wildman–Crippen LogP) is 3.02. The zero-order valence-corrected chi connectivity index (χ0v) is 11.5. The van der Waals surface area contributed by atoms with Crippen molar-refractivity contribution >= 4 is 11.8 Å². The second-order valence-electron chi connectivity index (χ2n) is 4.18. The zero-order chi connectivity index (χ0) is 15.2. The summed E-state index contributed by atoms with van der Waals surface area (Å²) in [6.45, 7) is 3.34. The van der Waals surface area contributed by atoms with Gasteiger partial charge in [0.25, 0.3) is 0 Å². The van der Waals surface area contributed by atoms with Crippen molar-refractivity contribution in [3.05, 3.63) is 72.3 Å². The predicted molar refractivity (Wildman–Crippen MR) is 78.7 cm³/mol. The first-order valence-electron chi connectivity index (χ1n) is 6.27. The van der Waals surface area contributed by atoms with Crippen molar-refractivity contribution in [1.29, 1.82) is 0 Å². The van der Waals surface area contributed by atoms with Crippen LogP contribution in [0, 0.1) is 0 Å². The second-order valence-corrected chi connectivity index (χ2v) is 4.18. The van der Waals surface area contributed by atoms with Crippen LogP contribution in [-0.4, -0.2) is 18.9 Å². The minimum Gasteiger partial charge on any atom is -0.497 e. The molecule has 0 amide bonds. The fourth-order valence-corrected chi connectivity index (χ4v) is 1.79. The summed E-state index contributed by atoms with van der Waals surface area (Å²) in [5, 5.41) is 0. The quantitative estimate of drug-likeness (QED) is 0.366. The van der Waals surface area contributed by atoms with E-state index in [4.69, 9.17) is 9.47 Å². The molecule has 0 heterocycles. The Kier molecular flexibility index (Phi) is 4.51. The minimum atomic E-state index is -0.606. The topological polar surface area (TPSA) is 52.6 Å². The van der Waals surface area contributed by atoms with Gasteiger partial charge in [0, 0.05) is 11.6 Å². The molecule has 0 fully saturated rings. The summed E-state index contributed by atoms with van der Waals surface area (Å²) in [5.74, 6) is 0.0382. The van der Waals surface area contributed by atoms with Crippen LogP contribution in [0.25, 0.3) is 0 Å². The molecule has 0 aliphatic heterocycles. The van der Waals surface area contributed by atoms with E-state index in [1.807, 2.05) is 0 Å². The van der Waals surface area contributed by atoms with Crippen LogP contribution in [0.2, 0.25) is 0 Å². The molecule has 106 valence electrons. The van der Waals surface area contributed by atoms with Crippen molar-refractivity contribution < 1.29 is 19.1 Å². The molecule has 4 heteroatoms. The maximum Gasteiger partial charge on any atom is 0.335 e. The molecule has 0 unspecified atom stereocenters. The third-order valence-electron chi connectivity index (χ3n) is 2.86. The van der Waals surface area contributed by atoms with Crippen LogP contribution in [0.5, 0.6) is 11.5 Å². The van der Waals surface area contributed by atoms with Gasteiger partial charge in [-0.05, 0) is 36.4 Å². The first kappa shape index (κ1) is 14.5. The lowest BCUT2D eigenvalue weighted by Crippen LogP contribution is -2.09. The van der Waals surface area contributed by atoms with Gasteiger partial charge in [-0.15, -0.1) is 0 Å². The van der Waals surface area contributed by atoms with Gasteiger partial charge in [0.2, 0.25) is 0 Å². The molecule has 2 aromatic rings. The Balaban J connectivity index is 2.33. The number of carbonyl (C=O) groups excluding carboxylic acids is 2. The van der Waals surface area contributed by atoms with Gasteiger partial charge in [-0.1, -0.05) is 18.7 Å². The third-order valence-corrected chi connectivity index (χ3v) is 2.86. The molecule has 0 N–H and O–H groups in total. The van der Waals surface area contributed by atoms with Gasteiger partial charge in [-0.25, -0.2) is 4.79 Å². The summed E-state index contributed by atoms with van der Waals surface area (Å²) < 4.78 is 10.1. The van der Waals surface area contributed by atoms with Crippen molar-refractivity contribution in [2.75, 3.05) is 7.11 Å². The number of ether oxygens (including phenoxy) is 2. The highest BCUT2D eigenvalue weighted by molar-refractivity contribution is 6.11. The van der Waals surface area contributed by atoms with E-state index < -0.39 is 5.97 Å². The Hall–Kier alpha value is -2.88. The van der Waals surface area contributed by atoms with Crippen LogP contribution in [0.3, 0.4) is 0 Å². The number of benzene rings is 2. The normalized spacial score (nSPS) is 9.76. The van der Waals surface area contributed by atoms with E-state index in [9.17, 15) is 9.59 Å². The molecular weight excluding hydrogens is 268 g/mol. The smallest absolute Gasteiger partial charge is 0.335 e. The van der Waals surface area contributed by atoms with E-state index >= 15 is 0 Å². The van der Waals surface area contributed by atoms with E-state index in [0.29, 0.717) is 16.9 Å². The molecular formula is C17H14O4. The first-order valence-corrected chi connectivity index (χ1v) is 6.27. The lowest BCUT2D eigenvalue weighted by molar-refractivity contribution is -0.128. The lowest BCUT2D eigenvalue weighted by Gasteiger charge is -2.08. The number of para-hydroxylation sites is 1. The maximum absolute atomic E-state index is 12.5. The van der Waals surface area contributed by atoms with Gasteiger partial charge in [0.1, 0.15) is 11.5 Å². The van der Waals surface area contributed by atoms with E-state index in [1.54, 1.807) is 55.6 Å². The number of hydrogen-bond donors (Lipinski definition) is 0. The van der Waals surface area contributed by atoms with E-state index in [0.717, 1.165) is 6.08 Å². The fraction of sp³-hybridized carbons (Fsp3) is 0.0588. The number of ketones is 1. The van der Waals surface area contributed by atoms with Gasteiger partial charge >= 0.3 is 5.97 Å². The van der Waals surface area contributed by atoms with Gasteiger partial charge in [0.15, 0.2) is 5.78 Å². The summed E-state index contributed by atoms with van der Waals surface area (Å²) in [5.41, 5.74) is 0.802. The summed E-state index contributed by atoms with van der Waals surface area (Å²) in [4.78, 5) is 23.8. The standard InChI is InChI=1S/C17H14O4/c1-3-16(18)21-15-7-5-4-6-14(15)17(19)12-8-10-13(20-2)11-9-12/h3-11H,1H2,2H3. The average molecular weight is 282 g/mol. The van der Waals surface area contributed by atoms with Crippen molar-refractivity contribution in [1.82, 2.24) is 0 Å². The summed E-state index contributed by atoms with van der Waals surface area (Å²) in [6, 6.07) is 13.3. The maximum atomic E-state index is 12.5. The molecule has 0 radical (unpaired) electrons. The summed E-state index contributed by atoms with van der Waals surface area (Å²) in [6.07, 6.45) is 1.05. The molecule has 4 nitrogen and oxygen atoms in total. The second kappa shape index (κ2) is 6.52. The molecule has 0 bridgehead atoms. The fourth-order valence-electron chi connectivity index (χ4n) is 1.79. The highest BCUT2D eigenvalue weighted by Gasteiger charge is 2.15. The monoisotopic (exact) mass is 282 g/mol. The van der Waals surface area contributed by atoms with Crippen LogP contribution in [0.15, 0.2) is 61.2 Å². The van der Waals surface area contributed by atoms with Crippen LogP contribution in [0.4, 0.5) is 0 Å². The minimum absolute atomic E-state index is 0.211. The Morgan fingerprint density at radius 3 is 2.33 bits per heavy atom. The Morgan fingerprint density at radius 1 is 1.05 bits per heavy atom. The molecule has 2 aromatic carbocycles. The van der Waals surface area contributed by atoms with E-state index in [-0.39, 0.29) is 11.5 Å². The number of esters is 1. The first-order chi connectivity index (χ1) is 10.2. The molecule has 21 heavy (non-hydrogen) atoms. The lowest BCUT2D eigenvalue weighted by atomic mass is 10.0. The Bertz CT molecular complexity index is 671. The van der Waals surface area contributed by atoms with Crippen molar-refractivity contribution in [2.45, 2.75) is 0 Å². The van der Waals surface area contributed by atoms with Crippen LogP contribution >= 0.6 is 0 Å². The van der Waals surface area contributed by atoms with E-state index in [2.05, 4.69) is 6.58 Å². The van der Waals surface area contributed by atoms with Crippen LogP contribution < -0.4 is 9.47 Å². The molecule has 0 spiro atoms. The van der Waals surface area contributed by atoms with Crippen molar-refractivity contribution in [3.8, 4) is 11.5 Å². The Labute approximate surface area is 122 Å². The highest BCUT2D eigenvalue weighted by Crippen LogP contribution is 2.23. The molecule has 0 aliphatic rings. The van der Waals surface area contributed by atoms with Gasteiger partial charge in [-0.2, -0.15) is 0 Å². The van der Waals surface area contributed by atoms with Crippen LogP contribution in [-0.2, 0) is 4.79 Å². The molecule has 0 aromatic heterocycles. The molecule has 0 saturated heterocycles. The number of carbonyl (C=O) groups is 2. The van der Waals surface area contributed by atoms with Crippen molar-refractivity contribution in [3.63, 3.8) is 0 Å². The molecule has 0 atom stereocenters. The SMILES string of the molecule is C=CC(=O)Oc1ccccc1C(=O)c1ccc(OC)cc1. The number of methoxy groups -OCH3 is 1. The summed E-state index contributed by atoms with van der Waals surface area (Å²) in [7, 11) is 1.56. The van der Waals surface area contributed by atoms with Gasteiger partial charge in [-0.3, -0.25) is 4.79 Å². The molecule has 2 rings (SSSR count). The van der Waals surface area contributed by atoms with E-state index in [1.165, 1.54) is 0 Å². The van der Waals surface area contributed by atoms with Crippen LogP contribution in [0.1, 0.15) is 15.9 Å². The third kappa shape index (κ3) is 3.36. The summed E-state index contributed by atoms with van der Waals surface area (Å²) >= 11 is 0. The average Bonchev–Trinajstić information content (AvgIpc) is 2.54. The van der Waals surface area contributed by atoms with Crippen molar-refractivity contribution in [2.24, 2.45) is 0 Å². The largest absolute Gasteiger partial charge is 0.497 e. The number of rotatable bonds is 5. The Morgan fingerprint density at radius 2 is 1.71 bits per heavy atom. The number of hydrogen-bond acceptors (Lipinski definition) is 4. The van der Waals surface area contributed by atoms with Gasteiger partial charge < -0.3 is 9.47 Å². The molecule has 0 aliphatic carbocycles. The zero-order valence-electron chi connectivity index (χ0n) is 11.5.